The fraction of sp³-hybridized carbons (Fsp3) is 0.333. The normalized spacial score (nSPS) is 17.5. The van der Waals surface area contributed by atoms with Gasteiger partial charge in [-0.1, -0.05) is 11.6 Å². The fourth-order valence-electron chi connectivity index (χ4n) is 2.37. The van der Waals surface area contributed by atoms with E-state index in [4.69, 9.17) is 16.3 Å². The summed E-state index contributed by atoms with van der Waals surface area (Å²) >= 11 is 5.69. The first-order valence-corrected chi connectivity index (χ1v) is 7.72. The molecule has 3 heterocycles. The van der Waals surface area contributed by atoms with Gasteiger partial charge in [0.05, 0.1) is 16.3 Å². The highest BCUT2D eigenvalue weighted by Crippen LogP contribution is 2.37. The zero-order valence-electron chi connectivity index (χ0n) is 12.7. The number of carbonyl (C=O) groups is 1. The Kier molecular flexibility index (Phi) is 4.87. The molecule has 1 unspecified atom stereocenters. The lowest BCUT2D eigenvalue weighted by atomic mass is 10.1. The minimum atomic E-state index is -4.65. The summed E-state index contributed by atoms with van der Waals surface area (Å²) in [5.74, 6) is -1.16. The Morgan fingerprint density at radius 1 is 1.28 bits per heavy atom. The molecule has 2 aromatic rings. The summed E-state index contributed by atoms with van der Waals surface area (Å²) in [5.41, 5.74) is -0.555. The maximum Gasteiger partial charge on any atom is 0.418 e. The lowest BCUT2D eigenvalue weighted by Gasteiger charge is -2.12. The predicted molar refractivity (Wildman–Crippen MR) is 82.2 cm³/mol. The van der Waals surface area contributed by atoms with Gasteiger partial charge in [0.25, 0.3) is 5.91 Å². The number of rotatable bonds is 3. The summed E-state index contributed by atoms with van der Waals surface area (Å²) in [6.07, 6.45) is -2.14. The summed E-state index contributed by atoms with van der Waals surface area (Å²) < 4.78 is 43.9. The highest BCUT2D eigenvalue weighted by molar-refractivity contribution is 6.34. The quantitative estimate of drug-likeness (QED) is 0.890. The van der Waals surface area contributed by atoms with Crippen LogP contribution in [0.25, 0.3) is 0 Å². The predicted octanol–water partition coefficient (Wildman–Crippen LogP) is 3.65. The topological polar surface area (TPSA) is 77.0 Å². The molecule has 0 radical (unpaired) electrons. The summed E-state index contributed by atoms with van der Waals surface area (Å²) in [4.78, 5) is 15.8. The van der Waals surface area contributed by atoms with E-state index in [1.54, 1.807) is 6.07 Å². The van der Waals surface area contributed by atoms with Crippen molar-refractivity contribution in [3.63, 3.8) is 0 Å². The number of carbonyl (C=O) groups excluding carboxylic acids is 1. The molecule has 6 nitrogen and oxygen atoms in total. The van der Waals surface area contributed by atoms with E-state index < -0.39 is 28.5 Å². The van der Waals surface area contributed by atoms with Crippen molar-refractivity contribution >= 4 is 23.3 Å². The molecule has 1 amide bonds. The standard InChI is InChI=1S/C15H12ClF3N4O2/c16-12-8(15(17,18)19)5-6-20-13(12)21-14(24)10-4-3-9(22-23-10)11-2-1-7-25-11/h3-6,11H,1-2,7H2,(H,20,21,24). The van der Waals surface area contributed by atoms with Gasteiger partial charge in [-0.15, -0.1) is 5.10 Å². The number of pyridine rings is 1. The van der Waals surface area contributed by atoms with Crippen LogP contribution in [0.3, 0.4) is 0 Å². The summed E-state index contributed by atoms with van der Waals surface area (Å²) in [6.45, 7) is 0.647. The van der Waals surface area contributed by atoms with Crippen LogP contribution in [0.1, 0.15) is 40.7 Å². The maximum absolute atomic E-state index is 12.8. The molecule has 1 aliphatic heterocycles. The van der Waals surface area contributed by atoms with Crippen LogP contribution in [0.4, 0.5) is 19.0 Å². The molecule has 1 aliphatic rings. The van der Waals surface area contributed by atoms with Crippen molar-refractivity contribution in [3.8, 4) is 0 Å². The summed E-state index contributed by atoms with van der Waals surface area (Å²) in [7, 11) is 0. The van der Waals surface area contributed by atoms with Crippen LogP contribution in [-0.4, -0.2) is 27.7 Å². The van der Waals surface area contributed by atoms with E-state index in [1.165, 1.54) is 6.07 Å². The van der Waals surface area contributed by atoms with E-state index in [9.17, 15) is 18.0 Å². The number of hydrogen-bond acceptors (Lipinski definition) is 5. The number of anilines is 1. The summed E-state index contributed by atoms with van der Waals surface area (Å²) in [5, 5.41) is 9.24. The van der Waals surface area contributed by atoms with E-state index in [0.717, 1.165) is 25.1 Å². The Labute approximate surface area is 145 Å². The largest absolute Gasteiger partial charge is 0.418 e. The second kappa shape index (κ2) is 6.93. The summed E-state index contributed by atoms with van der Waals surface area (Å²) in [6, 6.07) is 3.74. The van der Waals surface area contributed by atoms with E-state index in [-0.39, 0.29) is 11.8 Å². The van der Waals surface area contributed by atoms with Gasteiger partial charge in [-0.05, 0) is 31.0 Å². The molecule has 132 valence electrons. The fourth-order valence-corrected chi connectivity index (χ4v) is 2.63. The molecule has 0 aliphatic carbocycles. The highest BCUT2D eigenvalue weighted by Gasteiger charge is 2.34. The van der Waals surface area contributed by atoms with Crippen LogP contribution in [0.2, 0.25) is 5.02 Å². The first kappa shape index (κ1) is 17.6. The molecule has 0 saturated carbocycles. The molecule has 1 saturated heterocycles. The Bertz CT molecular complexity index is 777. The number of ether oxygens (including phenoxy) is 1. The second-order valence-corrected chi connectivity index (χ2v) is 5.70. The molecule has 10 heteroatoms. The molecule has 1 fully saturated rings. The molecular weight excluding hydrogens is 361 g/mol. The van der Waals surface area contributed by atoms with Gasteiger partial charge in [0, 0.05) is 12.8 Å². The van der Waals surface area contributed by atoms with Crippen molar-refractivity contribution in [2.45, 2.75) is 25.1 Å². The van der Waals surface area contributed by atoms with Gasteiger partial charge in [-0.3, -0.25) is 4.79 Å². The average molecular weight is 373 g/mol. The molecule has 1 atom stereocenters. The Morgan fingerprint density at radius 3 is 2.68 bits per heavy atom. The zero-order valence-corrected chi connectivity index (χ0v) is 13.4. The van der Waals surface area contributed by atoms with Gasteiger partial charge in [0.15, 0.2) is 11.5 Å². The van der Waals surface area contributed by atoms with E-state index >= 15 is 0 Å². The average Bonchev–Trinajstić information content (AvgIpc) is 3.10. The van der Waals surface area contributed by atoms with Gasteiger partial charge in [0.1, 0.15) is 6.10 Å². The lowest BCUT2D eigenvalue weighted by molar-refractivity contribution is -0.137. The van der Waals surface area contributed by atoms with Gasteiger partial charge in [-0.25, -0.2) is 4.98 Å². The number of amides is 1. The third-order valence-corrected chi connectivity index (χ3v) is 3.99. The molecular formula is C15H12ClF3N4O2. The minimum Gasteiger partial charge on any atom is -0.372 e. The minimum absolute atomic E-state index is 0.0722. The van der Waals surface area contributed by atoms with Crippen molar-refractivity contribution in [3.05, 3.63) is 46.4 Å². The van der Waals surface area contributed by atoms with Gasteiger partial charge in [-0.2, -0.15) is 18.3 Å². The molecule has 1 N–H and O–H groups in total. The van der Waals surface area contributed by atoms with Gasteiger partial charge in [0.2, 0.25) is 0 Å². The third kappa shape index (κ3) is 3.88. The Hall–Kier alpha value is -2.26. The highest BCUT2D eigenvalue weighted by atomic mass is 35.5. The number of nitrogens with zero attached hydrogens (tertiary/aromatic N) is 3. The first-order valence-electron chi connectivity index (χ1n) is 7.34. The molecule has 0 bridgehead atoms. The molecule has 0 spiro atoms. The first-order chi connectivity index (χ1) is 11.9. The smallest absolute Gasteiger partial charge is 0.372 e. The van der Waals surface area contributed by atoms with Crippen LogP contribution in [0.15, 0.2) is 24.4 Å². The molecule has 0 aromatic carbocycles. The van der Waals surface area contributed by atoms with Crippen LogP contribution in [0.5, 0.6) is 0 Å². The third-order valence-electron chi connectivity index (χ3n) is 3.60. The number of alkyl halides is 3. The van der Waals surface area contributed by atoms with Crippen LogP contribution in [-0.2, 0) is 10.9 Å². The van der Waals surface area contributed by atoms with Gasteiger partial charge < -0.3 is 10.1 Å². The molecule has 25 heavy (non-hydrogen) atoms. The van der Waals surface area contributed by atoms with Crippen molar-refractivity contribution in [2.24, 2.45) is 0 Å². The van der Waals surface area contributed by atoms with Gasteiger partial charge >= 0.3 is 6.18 Å². The monoisotopic (exact) mass is 372 g/mol. The van der Waals surface area contributed by atoms with E-state index in [1.807, 2.05) is 0 Å². The van der Waals surface area contributed by atoms with Crippen molar-refractivity contribution in [1.29, 1.82) is 0 Å². The van der Waals surface area contributed by atoms with Crippen molar-refractivity contribution in [2.75, 3.05) is 11.9 Å². The second-order valence-electron chi connectivity index (χ2n) is 5.32. The number of hydrogen-bond donors (Lipinski definition) is 1. The Morgan fingerprint density at radius 2 is 2.08 bits per heavy atom. The van der Waals surface area contributed by atoms with E-state index in [0.29, 0.717) is 12.3 Å². The number of aromatic nitrogens is 3. The van der Waals surface area contributed by atoms with Crippen LogP contribution in [0, 0.1) is 0 Å². The van der Waals surface area contributed by atoms with Crippen LogP contribution < -0.4 is 5.32 Å². The zero-order chi connectivity index (χ0) is 18.0. The molecule has 2 aromatic heterocycles. The lowest BCUT2D eigenvalue weighted by Crippen LogP contribution is -2.17. The molecule has 3 rings (SSSR count). The number of halogens is 4. The Balaban J connectivity index is 1.76. The van der Waals surface area contributed by atoms with Crippen molar-refractivity contribution in [1.82, 2.24) is 15.2 Å². The van der Waals surface area contributed by atoms with E-state index in [2.05, 4.69) is 20.5 Å². The number of nitrogens with one attached hydrogen (secondary N) is 1. The van der Waals surface area contributed by atoms with Crippen molar-refractivity contribution < 1.29 is 22.7 Å². The maximum atomic E-state index is 12.8. The SMILES string of the molecule is O=C(Nc1nccc(C(F)(F)F)c1Cl)c1ccc(C2CCCO2)nn1. The van der Waals surface area contributed by atoms with Crippen LogP contribution >= 0.6 is 11.6 Å².